The van der Waals surface area contributed by atoms with E-state index < -0.39 is 0 Å². The van der Waals surface area contributed by atoms with Gasteiger partial charge in [0.1, 0.15) is 11.6 Å². The van der Waals surface area contributed by atoms with Gasteiger partial charge in [-0.25, -0.2) is 4.98 Å². The summed E-state index contributed by atoms with van der Waals surface area (Å²) in [6, 6.07) is 12.7. The molecule has 0 N–H and O–H groups in total. The molecule has 0 bridgehead atoms. The minimum atomic E-state index is 0.736. The Balaban J connectivity index is 1.28. The lowest BCUT2D eigenvalue weighted by Crippen LogP contribution is -2.46. The number of piperazine rings is 1. The van der Waals surface area contributed by atoms with Gasteiger partial charge in [0, 0.05) is 37.9 Å². The Morgan fingerprint density at radius 2 is 1.93 bits per heavy atom. The molecule has 4 nitrogen and oxygen atoms in total. The van der Waals surface area contributed by atoms with Crippen LogP contribution in [0.1, 0.15) is 37.3 Å². The molecule has 0 unspecified atom stereocenters. The van der Waals surface area contributed by atoms with Gasteiger partial charge in [0.25, 0.3) is 0 Å². The number of nitrogens with zero attached hydrogens (tertiary/aromatic N) is 3. The molecule has 0 atom stereocenters. The third-order valence-corrected chi connectivity index (χ3v) is 5.83. The number of ether oxygens (including phenoxy) is 1. The van der Waals surface area contributed by atoms with E-state index in [1.165, 1.54) is 29.7 Å². The van der Waals surface area contributed by atoms with Crippen molar-refractivity contribution in [2.45, 2.75) is 32.6 Å². The highest BCUT2D eigenvalue weighted by molar-refractivity contribution is 5.72. The molecule has 1 saturated heterocycles. The summed E-state index contributed by atoms with van der Waals surface area (Å²) < 4.78 is 5.85. The standard InChI is InChI=1S/C24H31N3O/c1-2-28-23-12-6-10-21-20(8-5-11-22(21)23)9-7-15-26-16-18-27(19-17-26)24-13-3-4-14-25-24/h3-4,6,8,10,12-14H,2,5,7,9,11,15-19H2,1H3. The van der Waals surface area contributed by atoms with Gasteiger partial charge in [0.05, 0.1) is 6.61 Å². The average Bonchev–Trinajstić information content (AvgIpc) is 2.76. The fourth-order valence-electron chi connectivity index (χ4n) is 4.39. The molecule has 1 aromatic carbocycles. The summed E-state index contributed by atoms with van der Waals surface area (Å²) in [5.41, 5.74) is 4.33. The highest BCUT2D eigenvalue weighted by Crippen LogP contribution is 2.35. The van der Waals surface area contributed by atoms with Crippen LogP contribution in [0.3, 0.4) is 0 Å². The summed E-state index contributed by atoms with van der Waals surface area (Å²) in [6.07, 6.45) is 8.93. The van der Waals surface area contributed by atoms with Crippen molar-refractivity contribution in [3.63, 3.8) is 0 Å². The van der Waals surface area contributed by atoms with E-state index in [-0.39, 0.29) is 0 Å². The number of rotatable bonds is 7. The van der Waals surface area contributed by atoms with E-state index in [0.29, 0.717) is 0 Å². The lowest BCUT2D eigenvalue weighted by atomic mass is 9.88. The number of pyridine rings is 1. The monoisotopic (exact) mass is 377 g/mol. The number of hydrogen-bond acceptors (Lipinski definition) is 4. The predicted octanol–water partition coefficient (Wildman–Crippen LogP) is 4.41. The van der Waals surface area contributed by atoms with Crippen molar-refractivity contribution in [2.75, 3.05) is 44.2 Å². The van der Waals surface area contributed by atoms with Crippen LogP contribution in [0.4, 0.5) is 5.82 Å². The van der Waals surface area contributed by atoms with Crippen LogP contribution in [0, 0.1) is 0 Å². The van der Waals surface area contributed by atoms with Gasteiger partial charge in [-0.15, -0.1) is 0 Å². The zero-order valence-corrected chi connectivity index (χ0v) is 16.9. The first-order valence-corrected chi connectivity index (χ1v) is 10.7. The zero-order valence-electron chi connectivity index (χ0n) is 16.9. The van der Waals surface area contributed by atoms with Crippen molar-refractivity contribution in [1.29, 1.82) is 0 Å². The average molecular weight is 378 g/mol. The highest BCUT2D eigenvalue weighted by Gasteiger charge is 2.19. The summed E-state index contributed by atoms with van der Waals surface area (Å²) in [5.74, 6) is 2.19. The quantitative estimate of drug-likeness (QED) is 0.714. The molecule has 4 rings (SSSR count). The maximum absolute atomic E-state index is 5.85. The number of anilines is 1. The summed E-state index contributed by atoms with van der Waals surface area (Å²) in [5, 5.41) is 0. The Morgan fingerprint density at radius 1 is 1.04 bits per heavy atom. The molecule has 2 aliphatic rings. The largest absolute Gasteiger partial charge is 0.494 e. The molecule has 0 radical (unpaired) electrons. The van der Waals surface area contributed by atoms with E-state index >= 15 is 0 Å². The van der Waals surface area contributed by atoms with E-state index in [1.54, 1.807) is 0 Å². The first-order valence-electron chi connectivity index (χ1n) is 10.7. The molecular weight excluding hydrogens is 346 g/mol. The normalized spacial score (nSPS) is 17.2. The van der Waals surface area contributed by atoms with Crippen molar-refractivity contribution in [2.24, 2.45) is 0 Å². The van der Waals surface area contributed by atoms with Gasteiger partial charge < -0.3 is 9.64 Å². The Labute approximate surface area is 168 Å². The zero-order chi connectivity index (χ0) is 19.2. The maximum Gasteiger partial charge on any atom is 0.128 e. The molecule has 148 valence electrons. The lowest BCUT2D eigenvalue weighted by molar-refractivity contribution is 0.255. The second-order valence-electron chi connectivity index (χ2n) is 7.60. The van der Waals surface area contributed by atoms with Crippen LogP contribution in [0.25, 0.3) is 5.57 Å². The lowest BCUT2D eigenvalue weighted by Gasteiger charge is -2.35. The van der Waals surface area contributed by atoms with Crippen molar-refractivity contribution in [3.8, 4) is 5.75 Å². The van der Waals surface area contributed by atoms with Crippen LogP contribution >= 0.6 is 0 Å². The van der Waals surface area contributed by atoms with E-state index in [0.717, 1.165) is 63.6 Å². The molecule has 4 heteroatoms. The van der Waals surface area contributed by atoms with E-state index in [9.17, 15) is 0 Å². The maximum atomic E-state index is 5.85. The Hall–Kier alpha value is -2.33. The smallest absolute Gasteiger partial charge is 0.128 e. The van der Waals surface area contributed by atoms with Crippen LogP contribution in [0.15, 0.2) is 48.7 Å². The molecule has 1 aliphatic heterocycles. The molecule has 0 spiro atoms. The summed E-state index contributed by atoms with van der Waals surface area (Å²) in [7, 11) is 0. The summed E-state index contributed by atoms with van der Waals surface area (Å²) in [6.45, 7) is 8.36. The minimum absolute atomic E-state index is 0.736. The highest BCUT2D eigenvalue weighted by atomic mass is 16.5. The third-order valence-electron chi connectivity index (χ3n) is 5.83. The Morgan fingerprint density at radius 3 is 2.71 bits per heavy atom. The van der Waals surface area contributed by atoms with Crippen LogP contribution in [0.5, 0.6) is 5.75 Å². The van der Waals surface area contributed by atoms with Gasteiger partial charge in [-0.1, -0.05) is 24.3 Å². The van der Waals surface area contributed by atoms with Crippen molar-refractivity contribution < 1.29 is 4.74 Å². The summed E-state index contributed by atoms with van der Waals surface area (Å²) >= 11 is 0. The molecule has 0 amide bonds. The SMILES string of the molecule is CCOc1cccc2c1CCC=C2CCCN1CCN(c2ccccn2)CC1. The van der Waals surface area contributed by atoms with Crippen LogP contribution in [0.2, 0.25) is 0 Å². The number of benzene rings is 1. The van der Waals surface area contributed by atoms with E-state index in [1.807, 2.05) is 12.3 Å². The van der Waals surface area contributed by atoms with Crippen LogP contribution in [-0.2, 0) is 6.42 Å². The van der Waals surface area contributed by atoms with Crippen LogP contribution in [-0.4, -0.2) is 49.2 Å². The van der Waals surface area contributed by atoms with E-state index in [4.69, 9.17) is 4.74 Å². The minimum Gasteiger partial charge on any atom is -0.494 e. The van der Waals surface area contributed by atoms with Crippen LogP contribution < -0.4 is 9.64 Å². The Bertz CT molecular complexity index is 795. The van der Waals surface area contributed by atoms with Gasteiger partial charge in [-0.2, -0.15) is 0 Å². The molecule has 1 fully saturated rings. The fourth-order valence-corrected chi connectivity index (χ4v) is 4.39. The topological polar surface area (TPSA) is 28.6 Å². The number of fused-ring (bicyclic) bond motifs is 1. The summed E-state index contributed by atoms with van der Waals surface area (Å²) in [4.78, 5) is 9.47. The molecule has 28 heavy (non-hydrogen) atoms. The fraction of sp³-hybridized carbons (Fsp3) is 0.458. The van der Waals surface area contributed by atoms with Gasteiger partial charge >= 0.3 is 0 Å². The number of aromatic nitrogens is 1. The van der Waals surface area contributed by atoms with Crippen molar-refractivity contribution in [3.05, 3.63) is 59.8 Å². The van der Waals surface area contributed by atoms with Crippen molar-refractivity contribution >= 4 is 11.4 Å². The first kappa shape index (κ1) is 19.0. The molecule has 1 aromatic heterocycles. The van der Waals surface area contributed by atoms with E-state index in [2.05, 4.69) is 58.1 Å². The van der Waals surface area contributed by atoms with Gasteiger partial charge in [0.15, 0.2) is 0 Å². The Kier molecular flexibility index (Phi) is 6.27. The molecule has 2 aromatic rings. The predicted molar refractivity (Wildman–Crippen MR) is 116 cm³/mol. The van der Waals surface area contributed by atoms with Gasteiger partial charge in [0.2, 0.25) is 0 Å². The number of hydrogen-bond donors (Lipinski definition) is 0. The first-order chi connectivity index (χ1) is 13.8. The number of allylic oxidation sites excluding steroid dienone is 2. The third kappa shape index (κ3) is 4.39. The van der Waals surface area contributed by atoms with Gasteiger partial charge in [-0.3, -0.25) is 4.90 Å². The molecule has 0 saturated carbocycles. The molecule has 1 aliphatic carbocycles. The van der Waals surface area contributed by atoms with Crippen molar-refractivity contribution in [1.82, 2.24) is 9.88 Å². The molecule has 2 heterocycles. The second-order valence-corrected chi connectivity index (χ2v) is 7.60. The second kappa shape index (κ2) is 9.24. The molecular formula is C24H31N3O. The van der Waals surface area contributed by atoms with Gasteiger partial charge in [-0.05, 0) is 68.5 Å².